The molecule has 4 N–H and O–H groups in total. The van der Waals surface area contributed by atoms with E-state index in [1.54, 1.807) is 19.1 Å². The molecule has 2 aromatic rings. The van der Waals surface area contributed by atoms with E-state index in [0.29, 0.717) is 35.7 Å². The fraction of sp³-hybridized carbons (Fsp3) is 0.450. The number of hydroxylamine groups is 1. The molecule has 1 aromatic heterocycles. The van der Waals surface area contributed by atoms with Crippen LogP contribution in [0.1, 0.15) is 44.7 Å². The first-order chi connectivity index (χ1) is 15.2. The summed E-state index contributed by atoms with van der Waals surface area (Å²) < 4.78 is 33.5. The molecule has 10 nitrogen and oxygen atoms in total. The zero-order valence-electron chi connectivity index (χ0n) is 18.2. The maximum atomic E-state index is 12.9. The Kier molecular flexibility index (Phi) is 9.57. The Morgan fingerprint density at radius 3 is 2.59 bits per heavy atom. The van der Waals surface area contributed by atoms with Crippen LogP contribution in [0.15, 0.2) is 23.1 Å². The van der Waals surface area contributed by atoms with E-state index in [1.165, 1.54) is 30.0 Å². The number of nitrogens with one attached hydrogen (secondary N) is 3. The third kappa shape index (κ3) is 6.99. The number of sulfonamides is 1. The lowest BCUT2D eigenvalue weighted by molar-refractivity contribution is -0.129. The average molecular weight is 485 g/mol. The Hall–Kier alpha value is -2.54. The van der Waals surface area contributed by atoms with Crippen LogP contribution in [0, 0.1) is 6.92 Å². The van der Waals surface area contributed by atoms with Crippen molar-refractivity contribution < 1.29 is 28.0 Å². The van der Waals surface area contributed by atoms with Crippen molar-refractivity contribution in [1.82, 2.24) is 15.2 Å². The molecule has 176 valence electrons. The number of ether oxygens (including phenoxy) is 1. The van der Waals surface area contributed by atoms with Gasteiger partial charge in [-0.1, -0.05) is 18.3 Å². The number of aromatic nitrogens is 1. The summed E-state index contributed by atoms with van der Waals surface area (Å²) in [5, 5.41) is 11.7. The van der Waals surface area contributed by atoms with Crippen molar-refractivity contribution in [3.8, 4) is 16.2 Å². The van der Waals surface area contributed by atoms with Gasteiger partial charge in [0.1, 0.15) is 10.6 Å². The van der Waals surface area contributed by atoms with Gasteiger partial charge in [-0.05, 0) is 49.9 Å². The van der Waals surface area contributed by atoms with E-state index in [0.717, 1.165) is 11.3 Å². The van der Waals surface area contributed by atoms with Crippen molar-refractivity contribution >= 4 is 38.3 Å². The van der Waals surface area contributed by atoms with Crippen LogP contribution >= 0.6 is 11.3 Å². The zero-order chi connectivity index (χ0) is 23.7. The van der Waals surface area contributed by atoms with Crippen LogP contribution < -0.4 is 20.3 Å². The molecule has 32 heavy (non-hydrogen) atoms. The molecule has 0 saturated heterocycles. The normalized spacial score (nSPS) is 11.2. The summed E-state index contributed by atoms with van der Waals surface area (Å²) in [6.07, 6.45) is 2.06. The Balaban J connectivity index is 2.21. The number of hydrogen-bond donors (Lipinski definition) is 4. The monoisotopic (exact) mass is 484 g/mol. The molecule has 0 bridgehead atoms. The highest BCUT2D eigenvalue weighted by Crippen LogP contribution is 2.36. The van der Waals surface area contributed by atoms with Gasteiger partial charge in [0.15, 0.2) is 5.13 Å². The number of carbonyl (C=O) groups is 2. The van der Waals surface area contributed by atoms with Gasteiger partial charge in [0, 0.05) is 19.4 Å². The SMILES string of the molecule is CCCC(=O)Nc1nc(C)c(-c2ccc(OC)c(S(=O)(=O)NCCCCC(=O)NO)c2)s1. The van der Waals surface area contributed by atoms with E-state index in [-0.39, 0.29) is 29.5 Å². The van der Waals surface area contributed by atoms with E-state index >= 15 is 0 Å². The van der Waals surface area contributed by atoms with E-state index in [1.807, 2.05) is 6.92 Å². The minimum atomic E-state index is -3.88. The van der Waals surface area contributed by atoms with Crippen LogP contribution in [0.3, 0.4) is 0 Å². The largest absolute Gasteiger partial charge is 0.495 e. The predicted octanol–water partition coefficient (Wildman–Crippen LogP) is 2.82. The summed E-state index contributed by atoms with van der Waals surface area (Å²) in [6.45, 7) is 3.83. The van der Waals surface area contributed by atoms with Crippen molar-refractivity contribution in [2.24, 2.45) is 0 Å². The van der Waals surface area contributed by atoms with Gasteiger partial charge in [-0.15, -0.1) is 0 Å². The smallest absolute Gasteiger partial charge is 0.244 e. The minimum Gasteiger partial charge on any atom is -0.495 e. The number of benzene rings is 1. The standard InChI is InChI=1S/C20H28N4O6S2/c1-4-7-17(25)23-20-22-13(2)19(31-20)14-9-10-15(30-3)16(12-14)32(28,29)21-11-6-5-8-18(26)24-27/h9-10,12,21,27H,4-8,11H2,1-3H3,(H,24,26)(H,22,23,25). The van der Waals surface area contributed by atoms with E-state index < -0.39 is 15.9 Å². The van der Waals surface area contributed by atoms with Crippen LogP contribution in [0.5, 0.6) is 5.75 Å². The number of amides is 2. The molecule has 0 aliphatic carbocycles. The molecule has 0 spiro atoms. The third-order valence-electron chi connectivity index (χ3n) is 4.48. The van der Waals surface area contributed by atoms with Gasteiger partial charge in [0.05, 0.1) is 17.7 Å². The topological polar surface area (TPSA) is 147 Å². The highest BCUT2D eigenvalue weighted by Gasteiger charge is 2.21. The van der Waals surface area contributed by atoms with Crippen LogP contribution in [0.4, 0.5) is 5.13 Å². The molecule has 2 amide bonds. The first-order valence-electron chi connectivity index (χ1n) is 10.1. The number of nitrogens with zero attached hydrogens (tertiary/aromatic N) is 1. The fourth-order valence-electron chi connectivity index (χ4n) is 2.91. The summed E-state index contributed by atoms with van der Waals surface area (Å²) in [4.78, 5) is 28.0. The van der Waals surface area contributed by atoms with Gasteiger partial charge in [-0.25, -0.2) is 23.6 Å². The third-order valence-corrected chi connectivity index (χ3v) is 7.09. The lowest BCUT2D eigenvalue weighted by Crippen LogP contribution is -2.26. The number of carbonyl (C=O) groups excluding carboxylic acids is 2. The molecule has 2 rings (SSSR count). The molecular weight excluding hydrogens is 456 g/mol. The van der Waals surface area contributed by atoms with Crippen LogP contribution in [0.2, 0.25) is 0 Å². The highest BCUT2D eigenvalue weighted by atomic mass is 32.2. The first-order valence-corrected chi connectivity index (χ1v) is 12.4. The van der Waals surface area contributed by atoms with Gasteiger partial charge in [-0.3, -0.25) is 14.8 Å². The Morgan fingerprint density at radius 2 is 1.94 bits per heavy atom. The molecule has 1 aromatic carbocycles. The van der Waals surface area contributed by atoms with Gasteiger partial charge < -0.3 is 10.1 Å². The average Bonchev–Trinajstić information content (AvgIpc) is 3.12. The molecule has 0 saturated carbocycles. The Bertz CT molecular complexity index is 1050. The van der Waals surface area contributed by atoms with Crippen molar-refractivity contribution in [2.45, 2.75) is 50.8 Å². The van der Waals surface area contributed by atoms with Gasteiger partial charge >= 0.3 is 0 Å². The predicted molar refractivity (Wildman–Crippen MR) is 121 cm³/mol. The van der Waals surface area contributed by atoms with Gasteiger partial charge in [0.25, 0.3) is 0 Å². The second-order valence-corrected chi connectivity index (χ2v) is 9.72. The molecule has 0 aliphatic rings. The number of methoxy groups -OCH3 is 1. The molecule has 1 heterocycles. The summed E-state index contributed by atoms with van der Waals surface area (Å²) in [7, 11) is -2.49. The molecule has 12 heteroatoms. The summed E-state index contributed by atoms with van der Waals surface area (Å²) in [5.74, 6) is -0.446. The summed E-state index contributed by atoms with van der Waals surface area (Å²) >= 11 is 1.27. The van der Waals surface area contributed by atoms with E-state index in [2.05, 4.69) is 15.0 Å². The Morgan fingerprint density at radius 1 is 1.19 bits per heavy atom. The quantitative estimate of drug-likeness (QED) is 0.206. The molecule has 0 radical (unpaired) electrons. The van der Waals surface area contributed by atoms with Crippen LogP contribution in [-0.2, 0) is 19.6 Å². The Labute approximate surface area is 191 Å². The maximum Gasteiger partial charge on any atom is 0.244 e. The number of anilines is 1. The van der Waals surface area contributed by atoms with Gasteiger partial charge in [-0.2, -0.15) is 0 Å². The summed E-state index contributed by atoms with van der Waals surface area (Å²) in [6, 6.07) is 4.83. The number of hydrogen-bond acceptors (Lipinski definition) is 8. The molecule has 0 atom stereocenters. The summed E-state index contributed by atoms with van der Waals surface area (Å²) in [5.41, 5.74) is 2.84. The van der Waals surface area contributed by atoms with Crippen molar-refractivity contribution in [2.75, 3.05) is 19.0 Å². The van der Waals surface area contributed by atoms with Crippen molar-refractivity contribution in [3.63, 3.8) is 0 Å². The molecule has 0 fully saturated rings. The van der Waals surface area contributed by atoms with Gasteiger partial charge in [0.2, 0.25) is 21.8 Å². The first kappa shape index (κ1) is 25.7. The fourth-order valence-corrected chi connectivity index (χ4v) is 5.15. The lowest BCUT2D eigenvalue weighted by atomic mass is 10.1. The zero-order valence-corrected chi connectivity index (χ0v) is 19.9. The second kappa shape index (κ2) is 11.9. The molecule has 0 aliphatic heterocycles. The van der Waals surface area contributed by atoms with Crippen molar-refractivity contribution in [3.05, 3.63) is 23.9 Å². The number of unbranched alkanes of at least 4 members (excludes halogenated alkanes) is 1. The van der Waals surface area contributed by atoms with Crippen LogP contribution in [-0.4, -0.2) is 44.1 Å². The van der Waals surface area contributed by atoms with E-state index in [9.17, 15) is 18.0 Å². The molecular formula is C20H28N4O6S2. The van der Waals surface area contributed by atoms with Crippen LogP contribution in [0.25, 0.3) is 10.4 Å². The minimum absolute atomic E-state index is 0.0185. The number of aryl methyl sites for hydroxylation is 1. The highest BCUT2D eigenvalue weighted by molar-refractivity contribution is 7.89. The van der Waals surface area contributed by atoms with Crippen molar-refractivity contribution in [1.29, 1.82) is 0 Å². The number of thiazole rings is 1. The van der Waals surface area contributed by atoms with E-state index in [4.69, 9.17) is 9.94 Å². The number of rotatable bonds is 12. The second-order valence-electron chi connectivity index (χ2n) is 6.99. The lowest BCUT2D eigenvalue weighted by Gasteiger charge is -2.12. The molecule has 0 unspecified atom stereocenters. The maximum absolute atomic E-state index is 12.9.